The highest BCUT2D eigenvalue weighted by Gasteiger charge is 2.41. The number of rotatable bonds is 4. The summed E-state index contributed by atoms with van der Waals surface area (Å²) >= 11 is 0. The molecule has 0 spiro atoms. The number of hydrogen-bond acceptors (Lipinski definition) is 1. The maximum absolute atomic E-state index is 9.43. The Hall–Kier alpha value is -0.510. The number of nitrogens with zero attached hydrogens (tertiary/aromatic N) is 1. The zero-order valence-corrected chi connectivity index (χ0v) is 12.4. The second-order valence-corrected chi connectivity index (χ2v) is 7.38. The van der Waals surface area contributed by atoms with Crippen LogP contribution in [0.4, 0.5) is 0 Å². The summed E-state index contributed by atoms with van der Waals surface area (Å²) in [5, 5.41) is 9.43. The van der Waals surface area contributed by atoms with Gasteiger partial charge in [0.2, 0.25) is 0 Å². The van der Waals surface area contributed by atoms with Crippen LogP contribution in [0.1, 0.15) is 68.2 Å². The van der Waals surface area contributed by atoms with Crippen molar-refractivity contribution in [3.8, 4) is 6.07 Å². The van der Waals surface area contributed by atoms with E-state index in [0.29, 0.717) is 0 Å². The van der Waals surface area contributed by atoms with Crippen molar-refractivity contribution in [1.82, 2.24) is 0 Å². The highest BCUT2D eigenvalue weighted by molar-refractivity contribution is 5.00. The zero-order chi connectivity index (χ0) is 13.2. The summed E-state index contributed by atoms with van der Waals surface area (Å²) in [5.41, 5.74) is 0.480. The Morgan fingerprint density at radius 3 is 1.69 bits per heavy atom. The lowest BCUT2D eigenvalue weighted by molar-refractivity contribution is 0.0564. The normalized spacial score (nSPS) is 15.7. The molecule has 0 aromatic carbocycles. The minimum absolute atomic E-state index is 0.0498. The Kier molecular flexibility index (Phi) is 4.63. The molecule has 0 aliphatic rings. The van der Waals surface area contributed by atoms with Gasteiger partial charge in [0.05, 0.1) is 12.0 Å². The summed E-state index contributed by atoms with van der Waals surface area (Å²) in [4.78, 5) is 0. The van der Waals surface area contributed by atoms with Crippen molar-refractivity contribution >= 4 is 0 Å². The molecule has 0 aliphatic carbocycles. The summed E-state index contributed by atoms with van der Waals surface area (Å²) < 4.78 is 0. The van der Waals surface area contributed by atoms with Gasteiger partial charge in [-0.3, -0.25) is 0 Å². The summed E-state index contributed by atoms with van der Waals surface area (Å²) in [6.07, 6.45) is 2.12. The van der Waals surface area contributed by atoms with E-state index < -0.39 is 0 Å². The van der Waals surface area contributed by atoms with Crippen LogP contribution in [0.3, 0.4) is 0 Å². The largest absolute Gasteiger partial charge is 0.198 e. The molecule has 0 saturated carbocycles. The smallest absolute Gasteiger partial charge is 0.0661 e. The lowest BCUT2D eigenvalue weighted by Gasteiger charge is -2.44. The molecule has 16 heavy (non-hydrogen) atoms. The molecule has 1 unspecified atom stereocenters. The Balaban J connectivity index is 4.98. The Labute approximate surface area is 102 Å². The van der Waals surface area contributed by atoms with Gasteiger partial charge in [0.1, 0.15) is 0 Å². The van der Waals surface area contributed by atoms with Gasteiger partial charge in [-0.15, -0.1) is 0 Å². The second-order valence-electron chi connectivity index (χ2n) is 7.38. The molecule has 0 aromatic heterocycles. The topological polar surface area (TPSA) is 23.8 Å². The SMILES string of the molecule is CCC(C)(C)CC(C#N)C(C)(C)C(C)(C)C. The average Bonchev–Trinajstić information content (AvgIpc) is 2.12. The van der Waals surface area contributed by atoms with E-state index in [2.05, 4.69) is 61.5 Å². The van der Waals surface area contributed by atoms with E-state index in [-0.39, 0.29) is 22.2 Å². The third kappa shape index (κ3) is 3.51. The molecule has 0 fully saturated rings. The Morgan fingerprint density at radius 1 is 1.00 bits per heavy atom. The lowest BCUT2D eigenvalue weighted by Crippen LogP contribution is -2.38. The Morgan fingerprint density at radius 2 is 1.44 bits per heavy atom. The van der Waals surface area contributed by atoms with Crippen molar-refractivity contribution in [2.75, 3.05) is 0 Å². The van der Waals surface area contributed by atoms with Crippen LogP contribution in [0, 0.1) is 33.5 Å². The zero-order valence-electron chi connectivity index (χ0n) is 12.4. The molecular weight excluding hydrogens is 194 g/mol. The van der Waals surface area contributed by atoms with E-state index in [0.717, 1.165) is 12.8 Å². The van der Waals surface area contributed by atoms with Gasteiger partial charge in [-0.2, -0.15) is 5.26 Å². The first kappa shape index (κ1) is 15.5. The molecule has 1 nitrogen and oxygen atoms in total. The summed E-state index contributed by atoms with van der Waals surface area (Å²) in [7, 11) is 0. The van der Waals surface area contributed by atoms with Crippen LogP contribution >= 0.6 is 0 Å². The van der Waals surface area contributed by atoms with Gasteiger partial charge in [-0.1, -0.05) is 61.8 Å². The first-order valence-electron chi connectivity index (χ1n) is 6.37. The molecule has 0 heterocycles. The monoisotopic (exact) mass is 223 g/mol. The predicted octanol–water partition coefficient (Wildman–Crippen LogP) is 5.02. The van der Waals surface area contributed by atoms with Gasteiger partial charge < -0.3 is 0 Å². The van der Waals surface area contributed by atoms with Crippen molar-refractivity contribution in [3.63, 3.8) is 0 Å². The third-order valence-electron chi connectivity index (χ3n) is 4.67. The van der Waals surface area contributed by atoms with Crippen LogP contribution < -0.4 is 0 Å². The van der Waals surface area contributed by atoms with Crippen LogP contribution in [0.5, 0.6) is 0 Å². The van der Waals surface area contributed by atoms with Crippen molar-refractivity contribution < 1.29 is 0 Å². The van der Waals surface area contributed by atoms with Crippen LogP contribution in [-0.4, -0.2) is 0 Å². The number of hydrogen-bond donors (Lipinski definition) is 0. The predicted molar refractivity (Wildman–Crippen MR) is 71.0 cm³/mol. The second kappa shape index (κ2) is 4.78. The van der Waals surface area contributed by atoms with Gasteiger partial charge in [0, 0.05) is 0 Å². The number of nitriles is 1. The first-order chi connectivity index (χ1) is 6.98. The molecule has 0 aromatic rings. The summed E-state index contributed by atoms with van der Waals surface area (Å²) in [6.45, 7) is 17.9. The summed E-state index contributed by atoms with van der Waals surface area (Å²) in [6, 6.07) is 2.54. The standard InChI is InChI=1S/C15H29N/c1-9-14(5,6)10-12(11-16)15(7,8)13(2,3)4/h12H,9-10H2,1-8H3. The van der Waals surface area contributed by atoms with E-state index in [1.54, 1.807) is 0 Å². The molecule has 0 saturated heterocycles. The fourth-order valence-electron chi connectivity index (χ4n) is 1.68. The quantitative estimate of drug-likeness (QED) is 0.656. The van der Waals surface area contributed by atoms with Gasteiger partial charge in [0.25, 0.3) is 0 Å². The van der Waals surface area contributed by atoms with E-state index in [4.69, 9.17) is 0 Å². The maximum Gasteiger partial charge on any atom is 0.0661 e. The van der Waals surface area contributed by atoms with Gasteiger partial charge in [-0.05, 0) is 22.7 Å². The van der Waals surface area contributed by atoms with E-state index in [1.807, 2.05) is 0 Å². The van der Waals surface area contributed by atoms with Crippen LogP contribution in [-0.2, 0) is 0 Å². The molecule has 0 N–H and O–H groups in total. The third-order valence-corrected chi connectivity index (χ3v) is 4.67. The van der Waals surface area contributed by atoms with Crippen molar-refractivity contribution in [2.24, 2.45) is 22.2 Å². The van der Waals surface area contributed by atoms with Gasteiger partial charge in [0.15, 0.2) is 0 Å². The van der Waals surface area contributed by atoms with E-state index in [9.17, 15) is 5.26 Å². The molecular formula is C15H29N. The molecule has 94 valence electrons. The minimum Gasteiger partial charge on any atom is -0.198 e. The van der Waals surface area contributed by atoms with Crippen molar-refractivity contribution in [1.29, 1.82) is 5.26 Å². The first-order valence-corrected chi connectivity index (χ1v) is 6.37. The van der Waals surface area contributed by atoms with E-state index >= 15 is 0 Å². The fourth-order valence-corrected chi connectivity index (χ4v) is 1.68. The van der Waals surface area contributed by atoms with Crippen molar-refractivity contribution in [2.45, 2.75) is 68.2 Å². The van der Waals surface area contributed by atoms with E-state index in [1.165, 1.54) is 0 Å². The van der Waals surface area contributed by atoms with Crippen LogP contribution in [0.2, 0.25) is 0 Å². The maximum atomic E-state index is 9.43. The van der Waals surface area contributed by atoms with Gasteiger partial charge >= 0.3 is 0 Å². The molecule has 0 bridgehead atoms. The van der Waals surface area contributed by atoms with Crippen molar-refractivity contribution in [3.05, 3.63) is 0 Å². The summed E-state index contributed by atoms with van der Waals surface area (Å²) in [5.74, 6) is 0.127. The van der Waals surface area contributed by atoms with Crippen LogP contribution in [0.25, 0.3) is 0 Å². The fraction of sp³-hybridized carbons (Fsp3) is 0.933. The molecule has 0 radical (unpaired) electrons. The molecule has 0 rings (SSSR count). The average molecular weight is 223 g/mol. The highest BCUT2D eigenvalue weighted by Crippen LogP contribution is 2.48. The molecule has 0 aliphatic heterocycles. The lowest BCUT2D eigenvalue weighted by atomic mass is 9.59. The Bertz CT molecular complexity index is 260. The molecule has 0 amide bonds. The molecule has 1 atom stereocenters. The minimum atomic E-state index is 0.0498. The highest BCUT2D eigenvalue weighted by atomic mass is 14.5. The molecule has 1 heteroatoms. The van der Waals surface area contributed by atoms with Crippen LogP contribution in [0.15, 0.2) is 0 Å². The van der Waals surface area contributed by atoms with Gasteiger partial charge in [-0.25, -0.2) is 0 Å².